The fourth-order valence-corrected chi connectivity index (χ4v) is 0.546. The van der Waals surface area contributed by atoms with Crippen LogP contribution in [0.25, 0.3) is 0 Å². The summed E-state index contributed by atoms with van der Waals surface area (Å²) in [6.45, 7) is 0. The van der Waals surface area contributed by atoms with E-state index in [0.717, 1.165) is 0 Å². The Morgan fingerprint density at radius 2 is 1.50 bits per heavy atom. The highest BCUT2D eigenvalue weighted by Crippen LogP contribution is 2.09. The number of carbonyl (C=O) groups excluding carboxylic acids is 1. The molecule has 0 atom stereocenters. The molecule has 1 aromatic rings. The van der Waals surface area contributed by atoms with Crippen LogP contribution >= 0.6 is 0 Å². The lowest BCUT2D eigenvalue weighted by atomic mass is 10.3. The Morgan fingerprint density at radius 1 is 1.08 bits per heavy atom. The van der Waals surface area contributed by atoms with Gasteiger partial charge in [0.15, 0.2) is 5.56 Å². The van der Waals surface area contributed by atoms with Gasteiger partial charge in [-0.25, -0.2) is 0 Å². The number of aromatic nitrogens is 2. The van der Waals surface area contributed by atoms with Crippen molar-refractivity contribution in [1.29, 1.82) is 0 Å². The molecule has 0 aliphatic carbocycles. The van der Waals surface area contributed by atoms with Crippen LogP contribution in [0.3, 0.4) is 0 Å². The Kier molecular flexibility index (Phi) is 2.03. The van der Waals surface area contributed by atoms with Crippen LogP contribution in [-0.4, -0.2) is 16.0 Å². The Morgan fingerprint density at radius 3 is 1.83 bits per heavy atom. The number of carbonyl (C=O) groups is 1. The average Bonchev–Trinajstić information content (AvgIpc) is 1.82. The molecule has 12 heavy (non-hydrogen) atoms. The second-order valence-corrected chi connectivity index (χ2v) is 1.72. The van der Waals surface area contributed by atoms with Crippen molar-refractivity contribution in [1.82, 2.24) is 9.97 Å². The first-order valence-electron chi connectivity index (χ1n) is 2.60. The minimum Gasteiger partial charge on any atom is -0.255 e. The normalized spacial score (nSPS) is 10.0. The first-order chi connectivity index (χ1) is 5.52. The largest absolute Gasteiger partial charge is 0.341 e. The van der Waals surface area contributed by atoms with E-state index in [-0.39, 0.29) is 0 Å². The summed E-state index contributed by atoms with van der Waals surface area (Å²) in [7, 11) is 0. The third-order valence-electron chi connectivity index (χ3n) is 0.990. The van der Waals surface area contributed by atoms with E-state index in [9.17, 15) is 22.4 Å². The van der Waals surface area contributed by atoms with Crippen molar-refractivity contribution in [2.45, 2.75) is 0 Å². The van der Waals surface area contributed by atoms with Crippen LogP contribution in [-0.2, 0) is 0 Å². The van der Waals surface area contributed by atoms with E-state index in [0.29, 0.717) is 0 Å². The highest BCUT2D eigenvalue weighted by Gasteiger charge is 2.21. The maximum atomic E-state index is 12.3. The molecule has 0 amide bonds. The average molecular weight is 180 g/mol. The molecule has 0 N–H and O–H groups in total. The van der Waals surface area contributed by atoms with Gasteiger partial charge in [0.05, 0.1) is 0 Å². The lowest BCUT2D eigenvalue weighted by Gasteiger charge is -1.95. The van der Waals surface area contributed by atoms with Crippen LogP contribution in [0, 0.1) is 18.0 Å². The molecule has 1 heterocycles. The second-order valence-electron chi connectivity index (χ2n) is 1.72. The lowest BCUT2D eigenvalue weighted by Crippen LogP contribution is -2.08. The highest BCUT2D eigenvalue weighted by atomic mass is 19.2. The molecule has 0 radical (unpaired) electrons. The SMILES string of the molecule is O=C(F)c1c(F)nc(F)nc1F. The molecule has 0 saturated heterocycles. The smallest absolute Gasteiger partial charge is 0.255 e. The zero-order valence-electron chi connectivity index (χ0n) is 5.31. The molecular weight excluding hydrogens is 180 g/mol. The summed E-state index contributed by atoms with van der Waals surface area (Å²) < 4.78 is 48.2. The van der Waals surface area contributed by atoms with Gasteiger partial charge in [-0.15, -0.1) is 0 Å². The molecule has 0 aromatic carbocycles. The summed E-state index contributed by atoms with van der Waals surface area (Å²) in [6, 6.07) is -2.38. The van der Waals surface area contributed by atoms with Crippen LogP contribution in [0.15, 0.2) is 0 Å². The predicted octanol–water partition coefficient (Wildman–Crippen LogP) is 1.00. The van der Waals surface area contributed by atoms with E-state index in [1.807, 2.05) is 0 Å². The Labute approximate surface area is 63.1 Å². The number of rotatable bonds is 1. The van der Waals surface area contributed by atoms with E-state index < -0.39 is 29.6 Å². The molecule has 0 fully saturated rings. The van der Waals surface area contributed by atoms with Crippen LogP contribution in [0.4, 0.5) is 17.6 Å². The van der Waals surface area contributed by atoms with Crippen molar-refractivity contribution in [3.05, 3.63) is 23.5 Å². The summed E-state index contributed by atoms with van der Waals surface area (Å²) in [5.74, 6) is -3.71. The summed E-state index contributed by atoms with van der Waals surface area (Å²) in [5, 5.41) is 0. The number of halogens is 4. The van der Waals surface area contributed by atoms with Gasteiger partial charge in [-0.2, -0.15) is 27.5 Å². The van der Waals surface area contributed by atoms with E-state index in [4.69, 9.17) is 0 Å². The maximum absolute atomic E-state index is 12.3. The van der Waals surface area contributed by atoms with E-state index in [2.05, 4.69) is 9.97 Å². The zero-order valence-corrected chi connectivity index (χ0v) is 5.31. The third kappa shape index (κ3) is 1.39. The van der Waals surface area contributed by atoms with Crippen molar-refractivity contribution >= 4 is 6.04 Å². The molecule has 0 unspecified atom stereocenters. The molecule has 1 aromatic heterocycles. The van der Waals surface area contributed by atoms with Gasteiger partial charge < -0.3 is 0 Å². The van der Waals surface area contributed by atoms with Crippen molar-refractivity contribution in [2.75, 3.05) is 0 Å². The van der Waals surface area contributed by atoms with Gasteiger partial charge in [-0.3, -0.25) is 4.79 Å². The lowest BCUT2D eigenvalue weighted by molar-refractivity contribution is 0.0823. The van der Waals surface area contributed by atoms with E-state index >= 15 is 0 Å². The summed E-state index contributed by atoms with van der Waals surface area (Å²) in [6.07, 6.45) is -1.70. The van der Waals surface area contributed by atoms with Crippen LogP contribution in [0.1, 0.15) is 10.4 Å². The second kappa shape index (κ2) is 2.84. The number of nitrogens with zero attached hydrogens (tertiary/aromatic N) is 2. The molecular formula is C5F4N2O. The Balaban J connectivity index is 3.38. The first-order valence-corrected chi connectivity index (χ1v) is 2.60. The van der Waals surface area contributed by atoms with Gasteiger partial charge in [-0.05, 0) is 0 Å². The zero-order chi connectivity index (χ0) is 9.30. The van der Waals surface area contributed by atoms with Crippen molar-refractivity contribution in [3.8, 4) is 0 Å². The van der Waals surface area contributed by atoms with E-state index in [1.165, 1.54) is 0 Å². The van der Waals surface area contributed by atoms with Crippen molar-refractivity contribution in [3.63, 3.8) is 0 Å². The molecule has 0 aliphatic heterocycles. The van der Waals surface area contributed by atoms with Crippen LogP contribution < -0.4 is 0 Å². The van der Waals surface area contributed by atoms with Crippen LogP contribution in [0.2, 0.25) is 0 Å². The van der Waals surface area contributed by atoms with Gasteiger partial charge in [0, 0.05) is 0 Å². The number of hydrogen-bond acceptors (Lipinski definition) is 3. The van der Waals surface area contributed by atoms with Crippen molar-refractivity contribution < 1.29 is 22.4 Å². The molecule has 0 bridgehead atoms. The van der Waals surface area contributed by atoms with Crippen LogP contribution in [0.5, 0.6) is 0 Å². The summed E-state index contributed by atoms with van der Waals surface area (Å²) in [5.41, 5.74) is -1.59. The molecule has 0 aliphatic rings. The third-order valence-corrected chi connectivity index (χ3v) is 0.990. The summed E-state index contributed by atoms with van der Waals surface area (Å²) >= 11 is 0. The Hall–Kier alpha value is -1.53. The Bertz CT molecular complexity index is 317. The number of hydrogen-bond donors (Lipinski definition) is 0. The summed E-state index contributed by atoms with van der Waals surface area (Å²) in [4.78, 5) is 14.5. The van der Waals surface area contributed by atoms with Gasteiger partial charge in [0.2, 0.25) is 11.9 Å². The molecule has 1 rings (SSSR count). The standard InChI is InChI=1S/C5F4N2O/c6-2-1(4(8)12)3(7)11-5(9)10-2. The molecule has 0 spiro atoms. The predicted molar refractivity (Wildman–Crippen MR) is 27.3 cm³/mol. The van der Waals surface area contributed by atoms with Gasteiger partial charge in [0.1, 0.15) is 0 Å². The molecule has 0 saturated carbocycles. The molecule has 64 valence electrons. The molecule has 3 nitrogen and oxygen atoms in total. The van der Waals surface area contributed by atoms with Gasteiger partial charge >= 0.3 is 12.1 Å². The highest BCUT2D eigenvalue weighted by molar-refractivity contribution is 5.88. The first kappa shape index (κ1) is 8.57. The minimum absolute atomic E-state index is 1.59. The minimum atomic E-state index is -2.38. The molecule has 7 heteroatoms. The monoisotopic (exact) mass is 180 g/mol. The van der Waals surface area contributed by atoms with Gasteiger partial charge in [0.25, 0.3) is 0 Å². The topological polar surface area (TPSA) is 42.9 Å². The fraction of sp³-hybridized carbons (Fsp3) is 0. The van der Waals surface area contributed by atoms with Crippen molar-refractivity contribution in [2.24, 2.45) is 0 Å². The fourth-order valence-electron chi connectivity index (χ4n) is 0.546. The quantitative estimate of drug-likeness (QED) is 0.280. The van der Waals surface area contributed by atoms with Gasteiger partial charge in [-0.1, -0.05) is 0 Å². The van der Waals surface area contributed by atoms with E-state index in [1.54, 1.807) is 0 Å². The maximum Gasteiger partial charge on any atom is 0.341 e.